The maximum Gasteiger partial charge on any atom is 0.255 e. The summed E-state index contributed by atoms with van der Waals surface area (Å²) in [5.41, 5.74) is 2.88. The quantitative estimate of drug-likeness (QED) is 0.366. The Labute approximate surface area is 187 Å². The van der Waals surface area contributed by atoms with Crippen molar-refractivity contribution in [2.24, 2.45) is 5.10 Å². The average Bonchev–Trinajstić information content (AvgIpc) is 3.23. The monoisotopic (exact) mass is 509 g/mol. The van der Waals surface area contributed by atoms with Crippen LogP contribution in [0.4, 0.5) is 0 Å². The van der Waals surface area contributed by atoms with Gasteiger partial charge in [0.15, 0.2) is 0 Å². The predicted octanol–water partition coefficient (Wildman–Crippen LogP) is 4.04. The largest absolute Gasteiger partial charge is 0.463 e. The standard InChI is InChI=1S/C20H17BrClN3O4S/c21-16-7-9-18(10-8-16)30(27,28)25(13-15-4-1-2-6-19(15)22)14-20(26)24-23-12-17-5-3-11-29-17/h1-12H,13-14H2,(H,24,26)/b23-12+. The second-order valence-corrected chi connectivity index (χ2v) is 9.39. The number of carbonyl (C=O) groups excluding carboxylic acids is 1. The molecule has 1 aromatic heterocycles. The number of amides is 1. The number of nitrogens with one attached hydrogen (secondary N) is 1. The Morgan fingerprint density at radius 3 is 2.53 bits per heavy atom. The predicted molar refractivity (Wildman–Crippen MR) is 118 cm³/mol. The lowest BCUT2D eigenvalue weighted by Gasteiger charge is -2.22. The van der Waals surface area contributed by atoms with Crippen LogP contribution in [0.5, 0.6) is 0 Å². The summed E-state index contributed by atoms with van der Waals surface area (Å²) in [5, 5.41) is 4.19. The highest BCUT2D eigenvalue weighted by Gasteiger charge is 2.27. The Kier molecular flexibility index (Phi) is 7.43. The first kappa shape index (κ1) is 22.2. The third-order valence-electron chi connectivity index (χ3n) is 4.00. The first-order valence-corrected chi connectivity index (χ1v) is 11.3. The molecule has 2 aromatic carbocycles. The first-order valence-electron chi connectivity index (χ1n) is 8.71. The highest BCUT2D eigenvalue weighted by atomic mass is 79.9. The minimum absolute atomic E-state index is 0.0599. The highest BCUT2D eigenvalue weighted by Crippen LogP contribution is 2.23. The normalized spacial score (nSPS) is 11.8. The molecular weight excluding hydrogens is 494 g/mol. The van der Waals surface area contributed by atoms with Gasteiger partial charge in [0.1, 0.15) is 5.76 Å². The summed E-state index contributed by atoms with van der Waals surface area (Å²) in [5.74, 6) is -0.156. The van der Waals surface area contributed by atoms with Crippen molar-refractivity contribution in [3.05, 3.63) is 87.7 Å². The maximum atomic E-state index is 13.2. The minimum atomic E-state index is -3.97. The Balaban J connectivity index is 1.82. The summed E-state index contributed by atoms with van der Waals surface area (Å²) in [6.45, 7) is -0.521. The number of furan rings is 1. The lowest BCUT2D eigenvalue weighted by atomic mass is 10.2. The van der Waals surface area contributed by atoms with Crippen LogP contribution < -0.4 is 5.43 Å². The molecule has 10 heteroatoms. The van der Waals surface area contributed by atoms with Crippen molar-refractivity contribution in [3.8, 4) is 0 Å². The second kappa shape index (κ2) is 10.0. The van der Waals surface area contributed by atoms with E-state index in [1.54, 1.807) is 48.5 Å². The number of hydrazone groups is 1. The zero-order chi connectivity index (χ0) is 21.6. The number of hydrogen-bond acceptors (Lipinski definition) is 5. The van der Waals surface area contributed by atoms with Gasteiger partial charge < -0.3 is 4.42 Å². The van der Waals surface area contributed by atoms with Gasteiger partial charge in [-0.3, -0.25) is 4.79 Å². The number of halogens is 2. The molecule has 7 nitrogen and oxygen atoms in total. The summed E-state index contributed by atoms with van der Waals surface area (Å²) >= 11 is 9.48. The zero-order valence-electron chi connectivity index (χ0n) is 15.5. The van der Waals surface area contributed by atoms with Gasteiger partial charge in [-0.15, -0.1) is 0 Å². The van der Waals surface area contributed by atoms with Gasteiger partial charge in [-0.2, -0.15) is 9.41 Å². The van der Waals surface area contributed by atoms with Crippen molar-refractivity contribution in [1.29, 1.82) is 0 Å². The van der Waals surface area contributed by atoms with Crippen LogP contribution in [0.25, 0.3) is 0 Å². The molecule has 1 N–H and O–H groups in total. The summed E-state index contributed by atoms with van der Waals surface area (Å²) in [6, 6.07) is 16.4. The van der Waals surface area contributed by atoms with Gasteiger partial charge in [0.2, 0.25) is 10.0 Å². The van der Waals surface area contributed by atoms with Crippen molar-refractivity contribution >= 4 is 49.7 Å². The van der Waals surface area contributed by atoms with E-state index < -0.39 is 22.5 Å². The van der Waals surface area contributed by atoms with Gasteiger partial charge in [0, 0.05) is 16.0 Å². The molecule has 156 valence electrons. The SMILES string of the molecule is O=C(CN(Cc1ccccc1Cl)S(=O)(=O)c1ccc(Br)cc1)N/N=C/c1ccco1. The molecule has 0 aliphatic heterocycles. The smallest absolute Gasteiger partial charge is 0.255 e. The van der Waals surface area contributed by atoms with Gasteiger partial charge in [0.25, 0.3) is 5.91 Å². The van der Waals surface area contributed by atoms with Crippen LogP contribution >= 0.6 is 27.5 Å². The van der Waals surface area contributed by atoms with Gasteiger partial charge in [-0.05, 0) is 48.0 Å². The molecule has 0 bridgehead atoms. The van der Waals surface area contributed by atoms with Crippen LogP contribution in [0.15, 0.2) is 85.8 Å². The molecule has 0 fully saturated rings. The van der Waals surface area contributed by atoms with E-state index in [4.69, 9.17) is 16.0 Å². The van der Waals surface area contributed by atoms with Crippen LogP contribution in [0.2, 0.25) is 5.02 Å². The fraction of sp³-hybridized carbons (Fsp3) is 0.100. The molecule has 1 heterocycles. The summed E-state index contributed by atoms with van der Waals surface area (Å²) in [6.07, 6.45) is 2.79. The molecule has 0 saturated heterocycles. The minimum Gasteiger partial charge on any atom is -0.463 e. The van der Waals surface area contributed by atoms with Gasteiger partial charge in [0.05, 0.1) is 23.9 Å². The number of carbonyl (C=O) groups is 1. The number of sulfonamides is 1. The van der Waals surface area contributed by atoms with E-state index in [-0.39, 0.29) is 11.4 Å². The average molecular weight is 511 g/mol. The van der Waals surface area contributed by atoms with E-state index in [1.807, 2.05) is 0 Å². The van der Waals surface area contributed by atoms with Crippen molar-refractivity contribution in [2.75, 3.05) is 6.54 Å². The fourth-order valence-electron chi connectivity index (χ4n) is 2.53. The highest BCUT2D eigenvalue weighted by molar-refractivity contribution is 9.10. The van der Waals surface area contributed by atoms with Crippen molar-refractivity contribution in [1.82, 2.24) is 9.73 Å². The molecule has 1 amide bonds. The third-order valence-corrected chi connectivity index (χ3v) is 6.70. The third kappa shape index (κ3) is 5.79. The topological polar surface area (TPSA) is 92.0 Å². The van der Waals surface area contributed by atoms with E-state index in [1.165, 1.54) is 24.6 Å². The molecule has 0 aliphatic rings. The first-order chi connectivity index (χ1) is 14.4. The van der Waals surface area contributed by atoms with E-state index in [9.17, 15) is 13.2 Å². The Morgan fingerprint density at radius 2 is 1.87 bits per heavy atom. The van der Waals surface area contributed by atoms with Crippen LogP contribution in [-0.2, 0) is 21.4 Å². The van der Waals surface area contributed by atoms with E-state index in [0.29, 0.717) is 16.3 Å². The second-order valence-electron chi connectivity index (χ2n) is 6.13. The lowest BCUT2D eigenvalue weighted by Crippen LogP contribution is -2.39. The fourth-order valence-corrected chi connectivity index (χ4v) is 4.36. The van der Waals surface area contributed by atoms with Crippen molar-refractivity contribution in [3.63, 3.8) is 0 Å². The summed E-state index contributed by atoms with van der Waals surface area (Å²) < 4.78 is 33.3. The van der Waals surface area contributed by atoms with Crippen molar-refractivity contribution < 1.29 is 17.6 Å². The van der Waals surface area contributed by atoms with Crippen LogP contribution in [-0.4, -0.2) is 31.4 Å². The molecule has 0 radical (unpaired) electrons. The van der Waals surface area contributed by atoms with Crippen molar-refractivity contribution in [2.45, 2.75) is 11.4 Å². The van der Waals surface area contributed by atoms with E-state index in [0.717, 1.165) is 8.78 Å². The molecule has 0 saturated carbocycles. The molecule has 3 rings (SSSR count). The molecule has 3 aromatic rings. The molecule has 0 atom stereocenters. The Bertz CT molecular complexity index is 1130. The van der Waals surface area contributed by atoms with Gasteiger partial charge >= 0.3 is 0 Å². The molecule has 0 spiro atoms. The Morgan fingerprint density at radius 1 is 1.13 bits per heavy atom. The van der Waals surface area contributed by atoms with Crippen LogP contribution in [0.1, 0.15) is 11.3 Å². The maximum absolute atomic E-state index is 13.2. The number of nitrogens with zero attached hydrogens (tertiary/aromatic N) is 2. The summed E-state index contributed by atoms with van der Waals surface area (Å²) in [4.78, 5) is 12.4. The number of rotatable bonds is 8. The Hall–Kier alpha value is -2.46. The number of hydrogen-bond donors (Lipinski definition) is 1. The lowest BCUT2D eigenvalue weighted by molar-refractivity contribution is -0.121. The number of benzene rings is 2. The van der Waals surface area contributed by atoms with E-state index >= 15 is 0 Å². The van der Waals surface area contributed by atoms with Gasteiger partial charge in [-0.1, -0.05) is 45.7 Å². The molecule has 30 heavy (non-hydrogen) atoms. The summed E-state index contributed by atoms with van der Waals surface area (Å²) in [7, 11) is -3.97. The van der Waals surface area contributed by atoms with Crippen LogP contribution in [0.3, 0.4) is 0 Å². The molecular formula is C20H17BrClN3O4S. The van der Waals surface area contributed by atoms with Crippen LogP contribution in [0, 0.1) is 0 Å². The van der Waals surface area contributed by atoms with Gasteiger partial charge in [-0.25, -0.2) is 13.8 Å². The van der Waals surface area contributed by atoms with E-state index in [2.05, 4.69) is 26.5 Å². The molecule has 0 aliphatic carbocycles. The zero-order valence-corrected chi connectivity index (χ0v) is 18.7. The molecule has 0 unspecified atom stereocenters.